The molecule has 2 fully saturated rings. The highest BCUT2D eigenvalue weighted by Gasteiger charge is 2.37. The molecule has 2 N–H and O–H groups in total. The molecule has 0 radical (unpaired) electrons. The summed E-state index contributed by atoms with van der Waals surface area (Å²) in [5.41, 5.74) is 0.504. The van der Waals surface area contributed by atoms with Gasteiger partial charge < -0.3 is 14.7 Å². The van der Waals surface area contributed by atoms with Crippen molar-refractivity contribution in [1.82, 2.24) is 0 Å². The average molecular weight is 472 g/mol. The number of anilines is 1. The number of nitrogens with zero attached hydrogens (tertiary/aromatic N) is 2. The first-order chi connectivity index (χ1) is 15.2. The number of ether oxygens (including phenoxy) is 1. The minimum absolute atomic E-state index is 0.0275. The average Bonchev–Trinajstić information content (AvgIpc) is 3.56. The van der Waals surface area contributed by atoms with E-state index in [1.807, 2.05) is 6.07 Å². The van der Waals surface area contributed by atoms with E-state index in [9.17, 15) is 23.6 Å². The first kappa shape index (κ1) is 21.9. The van der Waals surface area contributed by atoms with Gasteiger partial charge in [-0.1, -0.05) is 17.7 Å². The maximum Gasteiger partial charge on any atom is 0.335 e. The topological polar surface area (TPSA) is 121 Å². The van der Waals surface area contributed by atoms with Gasteiger partial charge in [0.05, 0.1) is 39.6 Å². The van der Waals surface area contributed by atoms with Crippen molar-refractivity contribution in [2.24, 2.45) is 0 Å². The first-order valence-electron chi connectivity index (χ1n) is 9.88. The third-order valence-electron chi connectivity index (χ3n) is 5.55. The number of benzene rings is 2. The molecule has 0 atom stereocenters. The van der Waals surface area contributed by atoms with Crippen molar-refractivity contribution in [2.45, 2.75) is 48.6 Å². The molecule has 8 nitrogen and oxygen atoms in total. The van der Waals surface area contributed by atoms with Crippen LogP contribution in [0.5, 0.6) is 5.75 Å². The van der Waals surface area contributed by atoms with Crippen LogP contribution in [0.2, 0.25) is 5.02 Å². The smallest absolute Gasteiger partial charge is 0.335 e. The number of carbonyl (C=O) groups is 1. The fourth-order valence-corrected chi connectivity index (χ4v) is 5.15. The SMILES string of the molecule is [C-]#[N+]C1CC(Oc2cc(Cl)c(C#N)cc2NS(=O)(=O)c2cc(C(=O)O)ccc2C2CC2)C1. The standard InChI is InChI=1S/C22H18ClN3O5S/c1-25-15-8-16(9-15)31-20-10-18(23)14(11-24)6-19(20)26-32(29,30)21-7-13(22(27)28)4-5-17(21)12-2-3-12/h4-7,10,12,15-16,26H,2-3,8-9H2,(H,27,28). The lowest BCUT2D eigenvalue weighted by Gasteiger charge is -2.28. The van der Waals surface area contributed by atoms with Crippen molar-refractivity contribution < 1.29 is 23.1 Å². The van der Waals surface area contributed by atoms with Gasteiger partial charge >= 0.3 is 5.97 Å². The lowest BCUT2D eigenvalue weighted by atomic mass is 9.90. The van der Waals surface area contributed by atoms with E-state index >= 15 is 0 Å². The second-order valence-electron chi connectivity index (χ2n) is 7.87. The zero-order valence-corrected chi connectivity index (χ0v) is 18.3. The van der Waals surface area contributed by atoms with Gasteiger partial charge in [-0.15, -0.1) is 0 Å². The maximum atomic E-state index is 13.3. The number of nitrogens with one attached hydrogen (secondary N) is 1. The van der Waals surface area contributed by atoms with Crippen molar-refractivity contribution >= 4 is 33.3 Å². The van der Waals surface area contributed by atoms with Crippen molar-refractivity contribution in [3.05, 3.63) is 63.5 Å². The first-order valence-corrected chi connectivity index (χ1v) is 11.7. The molecule has 2 aliphatic rings. The predicted molar refractivity (Wildman–Crippen MR) is 116 cm³/mol. The number of nitriles is 1. The highest BCUT2D eigenvalue weighted by atomic mass is 35.5. The predicted octanol–water partition coefficient (Wildman–Crippen LogP) is 4.42. The van der Waals surface area contributed by atoms with Gasteiger partial charge in [-0.25, -0.2) is 19.8 Å². The van der Waals surface area contributed by atoms with Crippen LogP contribution in [0.15, 0.2) is 35.2 Å². The molecule has 10 heteroatoms. The summed E-state index contributed by atoms with van der Waals surface area (Å²) >= 11 is 6.13. The number of hydrogen-bond acceptors (Lipinski definition) is 5. The number of rotatable bonds is 7. The fraction of sp³-hybridized carbons (Fsp3) is 0.318. The van der Waals surface area contributed by atoms with Crippen molar-refractivity contribution in [2.75, 3.05) is 4.72 Å². The number of aromatic carboxylic acids is 1. The van der Waals surface area contributed by atoms with E-state index in [-0.39, 0.29) is 50.5 Å². The van der Waals surface area contributed by atoms with Gasteiger partial charge in [0.15, 0.2) is 0 Å². The number of hydrogen-bond donors (Lipinski definition) is 2. The van der Waals surface area contributed by atoms with Crippen LogP contribution in [-0.2, 0) is 10.0 Å². The van der Waals surface area contributed by atoms with E-state index in [0.29, 0.717) is 18.4 Å². The minimum Gasteiger partial charge on any atom is -0.488 e. The van der Waals surface area contributed by atoms with Gasteiger partial charge in [0.1, 0.15) is 17.9 Å². The molecule has 164 valence electrons. The molecule has 0 bridgehead atoms. The Bertz CT molecular complexity index is 1290. The van der Waals surface area contributed by atoms with Crippen LogP contribution in [-0.4, -0.2) is 31.6 Å². The molecule has 0 spiro atoms. The summed E-state index contributed by atoms with van der Waals surface area (Å²) in [5, 5.41) is 18.8. The van der Waals surface area contributed by atoms with Crippen LogP contribution in [0.1, 0.15) is 53.1 Å². The maximum absolute atomic E-state index is 13.3. The fourth-order valence-electron chi connectivity index (χ4n) is 3.57. The van der Waals surface area contributed by atoms with E-state index in [1.54, 1.807) is 0 Å². The third kappa shape index (κ3) is 4.36. The molecule has 0 aliphatic heterocycles. The van der Waals surface area contributed by atoms with Gasteiger partial charge in [0, 0.05) is 6.07 Å². The molecule has 2 saturated carbocycles. The number of carboxylic acids is 1. The van der Waals surface area contributed by atoms with Gasteiger partial charge in [0.2, 0.25) is 6.04 Å². The van der Waals surface area contributed by atoms with Crippen LogP contribution in [0.3, 0.4) is 0 Å². The Balaban J connectivity index is 1.71. The Kier molecular flexibility index (Phi) is 5.72. The zero-order valence-electron chi connectivity index (χ0n) is 16.7. The van der Waals surface area contributed by atoms with Crippen molar-refractivity contribution in [3.8, 4) is 11.8 Å². The third-order valence-corrected chi connectivity index (χ3v) is 7.28. The van der Waals surface area contributed by atoms with Crippen LogP contribution >= 0.6 is 11.6 Å². The number of halogens is 1. The van der Waals surface area contributed by atoms with E-state index < -0.39 is 16.0 Å². The van der Waals surface area contributed by atoms with Gasteiger partial charge in [0.25, 0.3) is 10.0 Å². The molecular weight excluding hydrogens is 454 g/mol. The highest BCUT2D eigenvalue weighted by molar-refractivity contribution is 7.92. The quantitative estimate of drug-likeness (QED) is 0.576. The molecule has 0 unspecified atom stereocenters. The Labute approximate surface area is 190 Å². The van der Waals surface area contributed by atoms with Gasteiger partial charge in [-0.3, -0.25) is 4.72 Å². The van der Waals surface area contributed by atoms with Gasteiger partial charge in [-0.2, -0.15) is 5.26 Å². The molecule has 0 heterocycles. The molecule has 4 rings (SSSR count). The zero-order chi connectivity index (χ0) is 23.0. The number of sulfonamides is 1. The number of carboxylic acid groups (broad SMARTS) is 1. The normalized spacial score (nSPS) is 19.8. The molecule has 0 saturated heterocycles. The van der Waals surface area contributed by atoms with E-state index in [2.05, 4.69) is 9.57 Å². The monoisotopic (exact) mass is 471 g/mol. The molecular formula is C22H18ClN3O5S. The molecule has 0 amide bonds. The van der Waals surface area contributed by atoms with E-state index in [0.717, 1.165) is 18.9 Å². The van der Waals surface area contributed by atoms with E-state index in [1.165, 1.54) is 24.3 Å². The summed E-state index contributed by atoms with van der Waals surface area (Å²) in [6, 6.07) is 8.52. The summed E-state index contributed by atoms with van der Waals surface area (Å²) in [4.78, 5) is 14.7. The molecule has 0 aromatic heterocycles. The molecule has 2 aliphatic carbocycles. The molecule has 2 aromatic carbocycles. The second-order valence-corrected chi connectivity index (χ2v) is 9.93. The summed E-state index contributed by atoms with van der Waals surface area (Å²) in [6.45, 7) is 7.06. The highest BCUT2D eigenvalue weighted by Crippen LogP contribution is 2.44. The Morgan fingerprint density at radius 2 is 2.00 bits per heavy atom. The summed E-state index contributed by atoms with van der Waals surface area (Å²) in [6.07, 6.45) is 2.41. The van der Waals surface area contributed by atoms with Crippen LogP contribution < -0.4 is 9.46 Å². The largest absolute Gasteiger partial charge is 0.488 e. The second kappa shape index (κ2) is 8.34. The van der Waals surface area contributed by atoms with Crippen molar-refractivity contribution in [3.63, 3.8) is 0 Å². The van der Waals surface area contributed by atoms with Crippen LogP contribution in [0.4, 0.5) is 5.69 Å². The Hall–Kier alpha value is -3.27. The Morgan fingerprint density at radius 3 is 2.59 bits per heavy atom. The summed E-state index contributed by atoms with van der Waals surface area (Å²) in [5.74, 6) is -1.03. The lowest BCUT2D eigenvalue weighted by Crippen LogP contribution is -2.36. The lowest BCUT2D eigenvalue weighted by molar-refractivity contribution is 0.0696. The van der Waals surface area contributed by atoms with Crippen molar-refractivity contribution in [1.29, 1.82) is 5.26 Å². The summed E-state index contributed by atoms with van der Waals surface area (Å²) < 4.78 is 35.0. The molecule has 32 heavy (non-hydrogen) atoms. The van der Waals surface area contributed by atoms with Crippen LogP contribution in [0.25, 0.3) is 4.85 Å². The van der Waals surface area contributed by atoms with Gasteiger partial charge in [-0.05, 0) is 42.5 Å². The molecule has 2 aromatic rings. The minimum atomic E-state index is -4.20. The van der Waals surface area contributed by atoms with E-state index in [4.69, 9.17) is 22.9 Å². The van der Waals surface area contributed by atoms with Crippen LogP contribution in [0, 0.1) is 17.9 Å². The Morgan fingerprint density at radius 1 is 1.28 bits per heavy atom. The summed E-state index contributed by atoms with van der Waals surface area (Å²) in [7, 11) is -4.20.